The van der Waals surface area contributed by atoms with E-state index in [-0.39, 0.29) is 0 Å². The molecule has 0 amide bonds. The molecule has 0 bridgehead atoms. The van der Waals surface area contributed by atoms with Gasteiger partial charge in [-0.05, 0) is 6.42 Å². The summed E-state index contributed by atoms with van der Waals surface area (Å²) in [5.41, 5.74) is 0. The zero-order valence-electron chi connectivity index (χ0n) is 7.88. The zero-order valence-corrected chi connectivity index (χ0v) is 7.88. The number of anilines is 1. The van der Waals surface area contributed by atoms with Gasteiger partial charge < -0.3 is 9.88 Å². The number of aryl methyl sites for hydroxylation is 1. The van der Waals surface area contributed by atoms with Crippen molar-refractivity contribution in [2.24, 2.45) is 7.05 Å². The average Bonchev–Trinajstić information content (AvgIpc) is 2.45. The Hall–Kier alpha value is -0.990. The van der Waals surface area contributed by atoms with E-state index in [1.165, 1.54) is 19.3 Å². The van der Waals surface area contributed by atoms with E-state index >= 15 is 0 Å². The lowest BCUT2D eigenvalue weighted by atomic mass is 10.2. The van der Waals surface area contributed by atoms with Gasteiger partial charge in [0.05, 0.1) is 6.33 Å². The highest BCUT2D eigenvalue weighted by Crippen LogP contribution is 2.01. The molecule has 0 aliphatic carbocycles. The minimum Gasteiger partial charge on any atom is -0.369 e. The van der Waals surface area contributed by atoms with Crippen LogP contribution >= 0.6 is 0 Å². The molecule has 0 aliphatic rings. The van der Waals surface area contributed by atoms with Crippen LogP contribution in [0.3, 0.4) is 0 Å². The molecule has 0 aliphatic heterocycles. The van der Waals surface area contributed by atoms with Gasteiger partial charge in [0, 0.05) is 19.8 Å². The Morgan fingerprint density at radius 3 is 2.92 bits per heavy atom. The SMILES string of the molecule is CCCCCNc1cn(C)cn1. The Labute approximate surface area is 73.8 Å². The van der Waals surface area contributed by atoms with Crippen LogP contribution < -0.4 is 5.32 Å². The molecule has 0 saturated heterocycles. The molecule has 0 saturated carbocycles. The fraction of sp³-hybridized carbons (Fsp3) is 0.667. The summed E-state index contributed by atoms with van der Waals surface area (Å²) >= 11 is 0. The third kappa shape index (κ3) is 2.95. The number of unbranched alkanes of at least 4 members (excludes halogenated alkanes) is 2. The molecule has 0 unspecified atom stereocenters. The third-order valence-corrected chi connectivity index (χ3v) is 1.79. The van der Waals surface area contributed by atoms with Crippen LogP contribution in [0.25, 0.3) is 0 Å². The zero-order chi connectivity index (χ0) is 8.81. The van der Waals surface area contributed by atoms with E-state index < -0.39 is 0 Å². The summed E-state index contributed by atoms with van der Waals surface area (Å²) in [5.74, 6) is 0.980. The van der Waals surface area contributed by atoms with Crippen LogP contribution in [0.4, 0.5) is 5.82 Å². The Kier molecular flexibility index (Phi) is 3.64. The second kappa shape index (κ2) is 4.80. The van der Waals surface area contributed by atoms with Crippen LogP contribution in [0.15, 0.2) is 12.5 Å². The van der Waals surface area contributed by atoms with Crippen LogP contribution in [0.2, 0.25) is 0 Å². The van der Waals surface area contributed by atoms with E-state index in [0.29, 0.717) is 0 Å². The lowest BCUT2D eigenvalue weighted by Crippen LogP contribution is -2.01. The summed E-state index contributed by atoms with van der Waals surface area (Å²) in [6, 6.07) is 0. The maximum absolute atomic E-state index is 4.17. The number of hydrogen-bond acceptors (Lipinski definition) is 2. The minimum absolute atomic E-state index is 0.980. The monoisotopic (exact) mass is 167 g/mol. The molecule has 0 aromatic carbocycles. The molecule has 0 fully saturated rings. The highest BCUT2D eigenvalue weighted by atomic mass is 15.1. The first kappa shape index (κ1) is 9.10. The maximum atomic E-state index is 4.17. The van der Waals surface area contributed by atoms with E-state index in [0.717, 1.165) is 12.4 Å². The van der Waals surface area contributed by atoms with Crippen LogP contribution in [0, 0.1) is 0 Å². The van der Waals surface area contributed by atoms with Gasteiger partial charge in [0.2, 0.25) is 0 Å². The van der Waals surface area contributed by atoms with Crippen molar-refractivity contribution in [3.05, 3.63) is 12.5 Å². The highest BCUT2D eigenvalue weighted by Gasteiger charge is 1.93. The van der Waals surface area contributed by atoms with E-state index in [1.807, 2.05) is 24.1 Å². The molecule has 0 spiro atoms. The number of rotatable bonds is 5. The summed E-state index contributed by atoms with van der Waals surface area (Å²) < 4.78 is 1.95. The lowest BCUT2D eigenvalue weighted by Gasteiger charge is -2.00. The second-order valence-corrected chi connectivity index (χ2v) is 3.06. The van der Waals surface area contributed by atoms with Crippen LogP contribution in [-0.2, 0) is 7.05 Å². The molecule has 3 nitrogen and oxygen atoms in total. The quantitative estimate of drug-likeness (QED) is 0.680. The minimum atomic E-state index is 0.980. The van der Waals surface area contributed by atoms with Gasteiger partial charge in [-0.15, -0.1) is 0 Å². The molecule has 1 aromatic rings. The van der Waals surface area contributed by atoms with Crippen molar-refractivity contribution in [1.82, 2.24) is 9.55 Å². The third-order valence-electron chi connectivity index (χ3n) is 1.79. The summed E-state index contributed by atoms with van der Waals surface area (Å²) in [4.78, 5) is 4.17. The number of aromatic nitrogens is 2. The van der Waals surface area contributed by atoms with Crippen molar-refractivity contribution in [2.75, 3.05) is 11.9 Å². The summed E-state index contributed by atoms with van der Waals surface area (Å²) in [5, 5.41) is 3.27. The molecule has 1 heterocycles. The highest BCUT2D eigenvalue weighted by molar-refractivity contribution is 5.30. The maximum Gasteiger partial charge on any atom is 0.144 e. The largest absolute Gasteiger partial charge is 0.369 e. The van der Waals surface area contributed by atoms with Crippen LogP contribution in [0.1, 0.15) is 26.2 Å². The van der Waals surface area contributed by atoms with Crippen molar-refractivity contribution in [3.8, 4) is 0 Å². The van der Waals surface area contributed by atoms with Crippen molar-refractivity contribution in [2.45, 2.75) is 26.2 Å². The first-order chi connectivity index (χ1) is 5.83. The smallest absolute Gasteiger partial charge is 0.144 e. The van der Waals surface area contributed by atoms with Crippen molar-refractivity contribution in [3.63, 3.8) is 0 Å². The molecule has 0 radical (unpaired) electrons. The number of hydrogen-bond donors (Lipinski definition) is 1. The van der Waals surface area contributed by atoms with E-state index in [9.17, 15) is 0 Å². The van der Waals surface area contributed by atoms with Gasteiger partial charge in [0.25, 0.3) is 0 Å². The Bertz CT molecular complexity index is 217. The summed E-state index contributed by atoms with van der Waals surface area (Å²) in [6.07, 6.45) is 7.59. The molecule has 1 rings (SSSR count). The first-order valence-electron chi connectivity index (χ1n) is 4.54. The van der Waals surface area contributed by atoms with Crippen molar-refractivity contribution >= 4 is 5.82 Å². The van der Waals surface area contributed by atoms with E-state index in [2.05, 4.69) is 17.2 Å². The molecular formula is C9H17N3. The van der Waals surface area contributed by atoms with Crippen LogP contribution in [-0.4, -0.2) is 16.1 Å². The second-order valence-electron chi connectivity index (χ2n) is 3.06. The van der Waals surface area contributed by atoms with Gasteiger partial charge >= 0.3 is 0 Å². The molecular weight excluding hydrogens is 150 g/mol. The van der Waals surface area contributed by atoms with Gasteiger partial charge in [-0.25, -0.2) is 4.98 Å². The van der Waals surface area contributed by atoms with Gasteiger partial charge in [-0.3, -0.25) is 0 Å². The standard InChI is InChI=1S/C9H17N3/c1-3-4-5-6-10-9-7-12(2)8-11-9/h7-8,10H,3-6H2,1-2H3. The van der Waals surface area contributed by atoms with Crippen molar-refractivity contribution in [1.29, 1.82) is 0 Å². The Balaban J connectivity index is 2.15. The normalized spacial score (nSPS) is 10.2. The number of nitrogens with zero attached hydrogens (tertiary/aromatic N) is 2. The van der Waals surface area contributed by atoms with Gasteiger partial charge in [-0.2, -0.15) is 0 Å². The molecule has 68 valence electrons. The summed E-state index contributed by atoms with van der Waals surface area (Å²) in [6.45, 7) is 3.24. The van der Waals surface area contributed by atoms with Gasteiger partial charge in [-0.1, -0.05) is 19.8 Å². The first-order valence-corrected chi connectivity index (χ1v) is 4.54. The summed E-state index contributed by atoms with van der Waals surface area (Å²) in [7, 11) is 1.98. The Morgan fingerprint density at radius 2 is 2.33 bits per heavy atom. The predicted octanol–water partition coefficient (Wildman–Crippen LogP) is 2.02. The average molecular weight is 167 g/mol. The molecule has 3 heteroatoms. The molecule has 1 N–H and O–H groups in total. The number of nitrogens with one attached hydrogen (secondary N) is 1. The fourth-order valence-corrected chi connectivity index (χ4v) is 1.10. The number of imidazole rings is 1. The molecule has 0 atom stereocenters. The Morgan fingerprint density at radius 1 is 1.50 bits per heavy atom. The molecule has 12 heavy (non-hydrogen) atoms. The van der Waals surface area contributed by atoms with E-state index in [1.54, 1.807) is 0 Å². The fourth-order valence-electron chi connectivity index (χ4n) is 1.10. The molecule has 1 aromatic heterocycles. The lowest BCUT2D eigenvalue weighted by molar-refractivity contribution is 0.742. The van der Waals surface area contributed by atoms with E-state index in [4.69, 9.17) is 0 Å². The van der Waals surface area contributed by atoms with Crippen LogP contribution in [0.5, 0.6) is 0 Å². The predicted molar refractivity (Wildman–Crippen MR) is 51.2 cm³/mol. The van der Waals surface area contributed by atoms with Gasteiger partial charge in [0.15, 0.2) is 0 Å². The van der Waals surface area contributed by atoms with Gasteiger partial charge in [0.1, 0.15) is 5.82 Å². The topological polar surface area (TPSA) is 29.9 Å². The van der Waals surface area contributed by atoms with Crippen molar-refractivity contribution < 1.29 is 0 Å².